The van der Waals surface area contributed by atoms with Gasteiger partial charge in [0.15, 0.2) is 0 Å². The molecule has 13 heavy (non-hydrogen) atoms. The van der Waals surface area contributed by atoms with Crippen LogP contribution in [0.15, 0.2) is 17.1 Å². The Bertz CT molecular complexity index is 350. The van der Waals surface area contributed by atoms with E-state index < -0.39 is 0 Å². The summed E-state index contributed by atoms with van der Waals surface area (Å²) in [5.74, 6) is 0.513. The normalized spacial score (nSPS) is 10.8. The van der Waals surface area contributed by atoms with Gasteiger partial charge in [0.05, 0.1) is 0 Å². The Balaban J connectivity index is 3.13. The fourth-order valence-electron chi connectivity index (χ4n) is 1.50. The summed E-state index contributed by atoms with van der Waals surface area (Å²) in [5, 5.41) is 0. The first-order chi connectivity index (χ1) is 6.00. The monoisotopic (exact) mass is 179 g/mol. The van der Waals surface area contributed by atoms with Gasteiger partial charge in [0.1, 0.15) is 0 Å². The first kappa shape index (κ1) is 10.0. The van der Waals surface area contributed by atoms with Crippen molar-refractivity contribution < 1.29 is 0 Å². The van der Waals surface area contributed by atoms with Crippen LogP contribution in [-0.4, -0.2) is 4.57 Å². The molecule has 0 radical (unpaired) electrons. The maximum absolute atomic E-state index is 11.6. The summed E-state index contributed by atoms with van der Waals surface area (Å²) in [6, 6.07) is 1.93. The predicted octanol–water partition coefficient (Wildman–Crippen LogP) is 2.12. The average molecular weight is 179 g/mol. The Labute approximate surface area is 79.2 Å². The van der Waals surface area contributed by atoms with Crippen molar-refractivity contribution in [3.05, 3.63) is 33.7 Å². The maximum Gasteiger partial charge on any atom is 0.253 e. The molecular weight excluding hydrogens is 162 g/mol. The Morgan fingerprint density at radius 3 is 2.54 bits per heavy atom. The number of pyridine rings is 1. The zero-order chi connectivity index (χ0) is 10.0. The van der Waals surface area contributed by atoms with Crippen molar-refractivity contribution in [2.75, 3.05) is 0 Å². The minimum atomic E-state index is 0.138. The second-order valence-corrected chi connectivity index (χ2v) is 4.05. The number of hydrogen-bond acceptors (Lipinski definition) is 1. The van der Waals surface area contributed by atoms with Gasteiger partial charge in [-0.05, 0) is 31.4 Å². The Hall–Kier alpha value is -1.05. The standard InChI is InChI=1S/C11H17NO/c1-8(2)6-12-7-9(3)5-10(4)11(12)13/h5,7-8H,6H2,1-4H3. The van der Waals surface area contributed by atoms with Crippen LogP contribution in [-0.2, 0) is 6.54 Å². The van der Waals surface area contributed by atoms with Gasteiger partial charge < -0.3 is 4.57 Å². The van der Waals surface area contributed by atoms with E-state index in [1.165, 1.54) is 0 Å². The molecule has 1 aromatic heterocycles. The zero-order valence-corrected chi connectivity index (χ0v) is 8.79. The molecule has 0 saturated heterocycles. The van der Waals surface area contributed by atoms with Crippen LogP contribution >= 0.6 is 0 Å². The first-order valence-electron chi connectivity index (χ1n) is 4.68. The first-order valence-corrected chi connectivity index (χ1v) is 4.68. The molecule has 0 aliphatic rings. The lowest BCUT2D eigenvalue weighted by molar-refractivity contribution is 0.508. The molecule has 1 heterocycles. The van der Waals surface area contributed by atoms with Crippen molar-refractivity contribution in [2.45, 2.75) is 34.2 Å². The zero-order valence-electron chi connectivity index (χ0n) is 8.79. The highest BCUT2D eigenvalue weighted by Gasteiger charge is 2.02. The third-order valence-electron chi connectivity index (χ3n) is 1.96. The second-order valence-electron chi connectivity index (χ2n) is 4.05. The quantitative estimate of drug-likeness (QED) is 0.681. The van der Waals surface area contributed by atoms with E-state index in [1.807, 2.05) is 26.1 Å². The molecule has 0 bridgehead atoms. The third-order valence-corrected chi connectivity index (χ3v) is 1.96. The van der Waals surface area contributed by atoms with E-state index in [-0.39, 0.29) is 5.56 Å². The number of aryl methyl sites for hydroxylation is 2. The summed E-state index contributed by atoms with van der Waals surface area (Å²) < 4.78 is 1.80. The fourth-order valence-corrected chi connectivity index (χ4v) is 1.50. The summed E-state index contributed by atoms with van der Waals surface area (Å²) in [5.41, 5.74) is 2.12. The van der Waals surface area contributed by atoms with Crippen LogP contribution in [0.5, 0.6) is 0 Å². The molecule has 0 aliphatic carbocycles. The molecule has 0 N–H and O–H groups in total. The van der Waals surface area contributed by atoms with E-state index >= 15 is 0 Å². The molecular formula is C11H17NO. The fraction of sp³-hybridized carbons (Fsp3) is 0.545. The van der Waals surface area contributed by atoms with Crippen molar-refractivity contribution in [1.29, 1.82) is 0 Å². The van der Waals surface area contributed by atoms with Crippen molar-refractivity contribution in [3.8, 4) is 0 Å². The molecule has 0 unspecified atom stereocenters. The van der Waals surface area contributed by atoms with Crippen LogP contribution in [0.1, 0.15) is 25.0 Å². The summed E-state index contributed by atoms with van der Waals surface area (Å²) in [7, 11) is 0. The highest BCUT2D eigenvalue weighted by molar-refractivity contribution is 5.16. The minimum Gasteiger partial charge on any atom is -0.315 e. The Morgan fingerprint density at radius 2 is 2.00 bits per heavy atom. The Kier molecular flexibility index (Phi) is 2.91. The van der Waals surface area contributed by atoms with Crippen molar-refractivity contribution in [2.24, 2.45) is 5.92 Å². The number of rotatable bonds is 2. The minimum absolute atomic E-state index is 0.138. The van der Waals surface area contributed by atoms with Crippen molar-refractivity contribution in [1.82, 2.24) is 4.57 Å². The van der Waals surface area contributed by atoms with Crippen LogP contribution < -0.4 is 5.56 Å². The lowest BCUT2D eigenvalue weighted by Crippen LogP contribution is -2.24. The molecule has 1 aromatic rings. The Morgan fingerprint density at radius 1 is 1.38 bits per heavy atom. The molecule has 0 amide bonds. The van der Waals surface area contributed by atoms with E-state index in [0.717, 1.165) is 17.7 Å². The molecule has 2 heteroatoms. The van der Waals surface area contributed by atoms with E-state index in [1.54, 1.807) is 4.57 Å². The van der Waals surface area contributed by atoms with Crippen LogP contribution in [0.25, 0.3) is 0 Å². The molecule has 0 aliphatic heterocycles. The molecule has 0 aromatic carbocycles. The lowest BCUT2D eigenvalue weighted by atomic mass is 10.2. The van der Waals surface area contributed by atoms with Gasteiger partial charge in [0.2, 0.25) is 0 Å². The number of nitrogens with zero attached hydrogens (tertiary/aromatic N) is 1. The van der Waals surface area contributed by atoms with Gasteiger partial charge in [-0.25, -0.2) is 0 Å². The summed E-state index contributed by atoms with van der Waals surface area (Å²) in [6.07, 6.45) is 1.93. The van der Waals surface area contributed by atoms with E-state index in [0.29, 0.717) is 5.92 Å². The van der Waals surface area contributed by atoms with Gasteiger partial charge in [-0.1, -0.05) is 13.8 Å². The van der Waals surface area contributed by atoms with Gasteiger partial charge in [-0.3, -0.25) is 4.79 Å². The van der Waals surface area contributed by atoms with E-state index in [4.69, 9.17) is 0 Å². The third kappa shape index (κ3) is 2.44. The van der Waals surface area contributed by atoms with Gasteiger partial charge in [-0.15, -0.1) is 0 Å². The SMILES string of the molecule is Cc1cc(C)c(=O)n(CC(C)C)c1. The van der Waals surface area contributed by atoms with E-state index in [9.17, 15) is 4.79 Å². The maximum atomic E-state index is 11.6. The summed E-state index contributed by atoms with van der Waals surface area (Å²) in [6.45, 7) is 8.92. The van der Waals surface area contributed by atoms with E-state index in [2.05, 4.69) is 13.8 Å². The highest BCUT2D eigenvalue weighted by atomic mass is 16.1. The van der Waals surface area contributed by atoms with Crippen LogP contribution in [0.4, 0.5) is 0 Å². The van der Waals surface area contributed by atoms with Crippen molar-refractivity contribution >= 4 is 0 Å². The topological polar surface area (TPSA) is 22.0 Å². The lowest BCUT2D eigenvalue weighted by Gasteiger charge is -2.10. The van der Waals surface area contributed by atoms with Crippen LogP contribution in [0.2, 0.25) is 0 Å². The van der Waals surface area contributed by atoms with Gasteiger partial charge >= 0.3 is 0 Å². The molecule has 0 atom stereocenters. The van der Waals surface area contributed by atoms with Gasteiger partial charge in [-0.2, -0.15) is 0 Å². The van der Waals surface area contributed by atoms with Crippen LogP contribution in [0.3, 0.4) is 0 Å². The van der Waals surface area contributed by atoms with Gasteiger partial charge in [0, 0.05) is 18.3 Å². The molecule has 0 spiro atoms. The highest BCUT2D eigenvalue weighted by Crippen LogP contribution is 2.01. The smallest absolute Gasteiger partial charge is 0.253 e. The number of hydrogen-bond donors (Lipinski definition) is 0. The van der Waals surface area contributed by atoms with Crippen molar-refractivity contribution in [3.63, 3.8) is 0 Å². The molecule has 0 fully saturated rings. The molecule has 2 nitrogen and oxygen atoms in total. The molecule has 0 saturated carbocycles. The number of aromatic nitrogens is 1. The molecule has 1 rings (SSSR count). The average Bonchev–Trinajstić information content (AvgIpc) is 1.98. The largest absolute Gasteiger partial charge is 0.315 e. The summed E-state index contributed by atoms with van der Waals surface area (Å²) in [4.78, 5) is 11.6. The van der Waals surface area contributed by atoms with Crippen LogP contribution in [0, 0.1) is 19.8 Å². The second kappa shape index (κ2) is 3.77. The molecule has 72 valence electrons. The van der Waals surface area contributed by atoms with Gasteiger partial charge in [0.25, 0.3) is 5.56 Å². The predicted molar refractivity (Wildman–Crippen MR) is 55.0 cm³/mol. The summed E-state index contributed by atoms with van der Waals surface area (Å²) >= 11 is 0.